The Bertz CT molecular complexity index is 325. The molecule has 0 amide bonds. The second-order valence-corrected chi connectivity index (χ2v) is 4.23. The van der Waals surface area contributed by atoms with Gasteiger partial charge in [0, 0.05) is 13.1 Å². The third-order valence-corrected chi connectivity index (χ3v) is 3.01. The van der Waals surface area contributed by atoms with E-state index in [4.69, 9.17) is 5.73 Å². The smallest absolute Gasteiger partial charge is 0.128 e. The number of rotatable bonds is 1. The van der Waals surface area contributed by atoms with Crippen molar-refractivity contribution < 1.29 is 5.11 Å². The third-order valence-electron chi connectivity index (χ3n) is 3.01. The van der Waals surface area contributed by atoms with E-state index in [-0.39, 0.29) is 6.10 Å². The number of aromatic nitrogens is 1. The lowest BCUT2D eigenvalue weighted by Gasteiger charge is -2.35. The summed E-state index contributed by atoms with van der Waals surface area (Å²) in [6, 6.07) is 3.74. The molecule has 1 aromatic heterocycles. The molecule has 0 aliphatic carbocycles. The van der Waals surface area contributed by atoms with Gasteiger partial charge in [0.05, 0.1) is 18.0 Å². The van der Waals surface area contributed by atoms with Gasteiger partial charge in [-0.3, -0.25) is 0 Å². The second kappa shape index (κ2) is 4.06. The van der Waals surface area contributed by atoms with Crippen LogP contribution in [0.5, 0.6) is 0 Å². The van der Waals surface area contributed by atoms with Crippen LogP contribution < -0.4 is 10.6 Å². The molecule has 1 aromatic rings. The molecule has 0 radical (unpaired) electrons. The number of pyridine rings is 1. The zero-order valence-electron chi connectivity index (χ0n) is 8.93. The highest BCUT2D eigenvalue weighted by Gasteiger charge is 2.24. The number of aliphatic hydroxyl groups is 1. The maximum atomic E-state index is 9.77. The van der Waals surface area contributed by atoms with Gasteiger partial charge in [0.2, 0.25) is 0 Å². The first-order chi connectivity index (χ1) is 7.16. The molecule has 1 aliphatic heterocycles. The van der Waals surface area contributed by atoms with Crippen LogP contribution in [0.2, 0.25) is 0 Å². The number of hydrogen-bond donors (Lipinski definition) is 2. The Morgan fingerprint density at radius 3 is 2.93 bits per heavy atom. The summed E-state index contributed by atoms with van der Waals surface area (Å²) < 4.78 is 0. The van der Waals surface area contributed by atoms with Gasteiger partial charge in [-0.25, -0.2) is 4.98 Å². The van der Waals surface area contributed by atoms with Crippen molar-refractivity contribution in [3.8, 4) is 0 Å². The maximum absolute atomic E-state index is 9.77. The van der Waals surface area contributed by atoms with Gasteiger partial charge in [0.25, 0.3) is 0 Å². The lowest BCUT2D eigenvalue weighted by molar-refractivity contribution is 0.102. The zero-order chi connectivity index (χ0) is 10.8. The molecule has 2 atom stereocenters. The van der Waals surface area contributed by atoms with E-state index in [1.165, 1.54) is 0 Å². The summed E-state index contributed by atoms with van der Waals surface area (Å²) in [4.78, 5) is 6.35. The molecule has 1 fully saturated rings. The number of anilines is 2. The van der Waals surface area contributed by atoms with Crippen LogP contribution >= 0.6 is 0 Å². The molecule has 1 saturated heterocycles. The zero-order valence-corrected chi connectivity index (χ0v) is 8.93. The van der Waals surface area contributed by atoms with Crippen LogP contribution in [0.1, 0.15) is 13.3 Å². The van der Waals surface area contributed by atoms with E-state index in [0.717, 1.165) is 18.8 Å². The molecule has 4 nitrogen and oxygen atoms in total. The van der Waals surface area contributed by atoms with Crippen molar-refractivity contribution in [2.24, 2.45) is 5.92 Å². The van der Waals surface area contributed by atoms with Crippen molar-refractivity contribution in [1.82, 2.24) is 4.98 Å². The molecule has 15 heavy (non-hydrogen) atoms. The molecule has 2 heterocycles. The molecule has 0 spiro atoms. The van der Waals surface area contributed by atoms with Crippen LogP contribution in [0.3, 0.4) is 0 Å². The summed E-state index contributed by atoms with van der Waals surface area (Å²) in [5, 5.41) is 9.77. The van der Waals surface area contributed by atoms with E-state index in [1.807, 2.05) is 12.1 Å². The van der Waals surface area contributed by atoms with Gasteiger partial charge in [0.15, 0.2) is 0 Å². The minimum Gasteiger partial charge on any atom is -0.397 e. The Kier molecular flexibility index (Phi) is 2.77. The van der Waals surface area contributed by atoms with E-state index in [0.29, 0.717) is 18.2 Å². The fraction of sp³-hybridized carbons (Fsp3) is 0.545. The summed E-state index contributed by atoms with van der Waals surface area (Å²) in [5.74, 6) is 1.28. The van der Waals surface area contributed by atoms with E-state index < -0.39 is 0 Å². The number of nitrogen functional groups attached to an aromatic ring is 1. The molecule has 0 bridgehead atoms. The highest BCUT2D eigenvalue weighted by Crippen LogP contribution is 2.21. The quantitative estimate of drug-likeness (QED) is 0.717. The average molecular weight is 207 g/mol. The van der Waals surface area contributed by atoms with Crippen molar-refractivity contribution in [3.63, 3.8) is 0 Å². The number of nitrogens with two attached hydrogens (primary N) is 1. The number of nitrogens with zero attached hydrogens (tertiary/aromatic N) is 2. The minimum absolute atomic E-state index is 0.252. The standard InChI is InChI=1S/C11H17N3O/c1-8-4-5-14(7-10(8)15)11-3-2-9(12)6-13-11/h2-3,6,8,10,15H,4-5,7,12H2,1H3. The van der Waals surface area contributed by atoms with Crippen molar-refractivity contribution in [2.75, 3.05) is 23.7 Å². The van der Waals surface area contributed by atoms with Crippen molar-refractivity contribution in [3.05, 3.63) is 18.3 Å². The molecule has 1 aliphatic rings. The molecule has 0 saturated carbocycles. The molecular weight excluding hydrogens is 190 g/mol. The summed E-state index contributed by atoms with van der Waals surface area (Å²) in [6.07, 6.45) is 2.41. The normalized spacial score (nSPS) is 26.7. The number of aliphatic hydroxyl groups excluding tert-OH is 1. The third kappa shape index (κ3) is 2.21. The van der Waals surface area contributed by atoms with E-state index >= 15 is 0 Å². The highest BCUT2D eigenvalue weighted by molar-refractivity contribution is 5.46. The first kappa shape index (κ1) is 10.2. The molecule has 3 N–H and O–H groups in total. The van der Waals surface area contributed by atoms with Crippen LogP contribution in [0.4, 0.5) is 11.5 Å². The fourth-order valence-electron chi connectivity index (χ4n) is 1.84. The lowest BCUT2D eigenvalue weighted by atomic mass is 9.96. The van der Waals surface area contributed by atoms with Crippen LogP contribution in [-0.4, -0.2) is 29.3 Å². The monoisotopic (exact) mass is 207 g/mol. The maximum Gasteiger partial charge on any atom is 0.128 e. The summed E-state index contributed by atoms with van der Waals surface area (Å²) in [5.41, 5.74) is 6.25. The van der Waals surface area contributed by atoms with Crippen LogP contribution in [0, 0.1) is 5.92 Å². The van der Waals surface area contributed by atoms with Gasteiger partial charge >= 0.3 is 0 Å². The Morgan fingerprint density at radius 1 is 1.53 bits per heavy atom. The van der Waals surface area contributed by atoms with Crippen LogP contribution in [0.15, 0.2) is 18.3 Å². The summed E-state index contributed by atoms with van der Waals surface area (Å²) >= 11 is 0. The Balaban J connectivity index is 2.08. The molecule has 2 unspecified atom stereocenters. The Hall–Kier alpha value is -1.29. The SMILES string of the molecule is CC1CCN(c2ccc(N)cn2)CC1O. The fourth-order valence-corrected chi connectivity index (χ4v) is 1.84. The first-order valence-corrected chi connectivity index (χ1v) is 5.31. The predicted molar refractivity (Wildman–Crippen MR) is 60.7 cm³/mol. The van der Waals surface area contributed by atoms with Gasteiger partial charge in [0.1, 0.15) is 5.82 Å². The Morgan fingerprint density at radius 2 is 2.33 bits per heavy atom. The molecule has 4 heteroatoms. The van der Waals surface area contributed by atoms with Crippen LogP contribution in [0.25, 0.3) is 0 Å². The minimum atomic E-state index is -0.252. The van der Waals surface area contributed by atoms with Gasteiger partial charge in [-0.1, -0.05) is 6.92 Å². The van der Waals surface area contributed by atoms with Crippen molar-refractivity contribution in [1.29, 1.82) is 0 Å². The van der Waals surface area contributed by atoms with Gasteiger partial charge in [-0.2, -0.15) is 0 Å². The van der Waals surface area contributed by atoms with Crippen LogP contribution in [-0.2, 0) is 0 Å². The lowest BCUT2D eigenvalue weighted by Crippen LogP contribution is -2.43. The van der Waals surface area contributed by atoms with Crippen molar-refractivity contribution >= 4 is 11.5 Å². The topological polar surface area (TPSA) is 62.4 Å². The molecule has 0 aromatic carbocycles. The predicted octanol–water partition coefficient (Wildman–Crippen LogP) is 0.871. The first-order valence-electron chi connectivity index (χ1n) is 5.31. The van der Waals surface area contributed by atoms with E-state index in [1.54, 1.807) is 6.20 Å². The summed E-state index contributed by atoms with van der Waals surface area (Å²) in [7, 11) is 0. The average Bonchev–Trinajstić information content (AvgIpc) is 2.23. The van der Waals surface area contributed by atoms with E-state index in [9.17, 15) is 5.11 Å². The molecule has 82 valence electrons. The van der Waals surface area contributed by atoms with Gasteiger partial charge in [-0.15, -0.1) is 0 Å². The molecular formula is C11H17N3O. The number of β-amino-alcohol motifs (C(OH)–C–C–N with tert-alkyl or cyclic N) is 1. The largest absolute Gasteiger partial charge is 0.397 e. The second-order valence-electron chi connectivity index (χ2n) is 4.23. The molecule has 2 rings (SSSR count). The highest BCUT2D eigenvalue weighted by atomic mass is 16.3. The number of hydrogen-bond acceptors (Lipinski definition) is 4. The van der Waals surface area contributed by atoms with Crippen molar-refractivity contribution in [2.45, 2.75) is 19.4 Å². The van der Waals surface area contributed by atoms with Gasteiger partial charge in [-0.05, 0) is 24.5 Å². The summed E-state index contributed by atoms with van der Waals surface area (Å²) in [6.45, 7) is 3.70. The van der Waals surface area contributed by atoms with E-state index in [2.05, 4.69) is 16.8 Å². The number of piperidine rings is 1. The Labute approximate surface area is 89.7 Å². The van der Waals surface area contributed by atoms with Gasteiger partial charge < -0.3 is 15.7 Å².